The third-order valence-electron chi connectivity index (χ3n) is 8.42. The van der Waals surface area contributed by atoms with E-state index in [0.717, 1.165) is 81.9 Å². The van der Waals surface area contributed by atoms with E-state index >= 15 is 0 Å². The highest BCUT2D eigenvalue weighted by atomic mass is 16.5. The van der Waals surface area contributed by atoms with Crippen LogP contribution in [0, 0.1) is 19.4 Å². The molecule has 0 atom stereocenters. The third kappa shape index (κ3) is 5.69. The molecule has 2 amide bonds. The lowest BCUT2D eigenvalue weighted by Gasteiger charge is -2.32. The number of aromatic nitrogens is 3. The average molecular weight is 519 g/mol. The van der Waals surface area contributed by atoms with E-state index in [1.54, 1.807) is 13.1 Å². The monoisotopic (exact) mass is 518 g/mol. The summed E-state index contributed by atoms with van der Waals surface area (Å²) in [6.45, 7) is 13.1. The van der Waals surface area contributed by atoms with Gasteiger partial charge in [0.15, 0.2) is 5.69 Å². The number of ether oxygens (including phenoxy) is 1. The fourth-order valence-electron chi connectivity index (χ4n) is 6.28. The minimum Gasteiger partial charge on any atom is -0.483 e. The molecule has 0 radical (unpaired) electrons. The number of hydrogen-bond donors (Lipinski definition) is 1. The zero-order valence-electron chi connectivity index (χ0n) is 22.5. The largest absolute Gasteiger partial charge is 0.483 e. The Balaban J connectivity index is 1.14. The minimum absolute atomic E-state index is 0.00938. The Morgan fingerprint density at radius 2 is 1.92 bits per heavy atom. The topological polar surface area (TPSA) is 93.7 Å². The first-order valence-corrected chi connectivity index (χ1v) is 14.1. The highest BCUT2D eigenvalue weighted by Crippen LogP contribution is 2.35. The number of rotatable bonds is 7. The Labute approximate surface area is 224 Å². The second kappa shape index (κ2) is 11.5. The summed E-state index contributed by atoms with van der Waals surface area (Å²) in [6, 6.07) is 2.00. The summed E-state index contributed by atoms with van der Waals surface area (Å²) in [5, 5.41) is 7.83. The maximum Gasteiger partial charge on any atom is 0.274 e. The van der Waals surface area contributed by atoms with Crippen molar-refractivity contribution in [2.75, 3.05) is 13.1 Å². The number of amides is 2. The zero-order chi connectivity index (χ0) is 26.6. The number of aryl methyl sites for hydroxylation is 2. The Kier molecular flexibility index (Phi) is 7.96. The molecule has 1 N–H and O–H groups in total. The van der Waals surface area contributed by atoms with Crippen LogP contribution in [0.2, 0.25) is 0 Å². The van der Waals surface area contributed by atoms with Gasteiger partial charge in [0.25, 0.3) is 5.91 Å². The highest BCUT2D eigenvalue weighted by Gasteiger charge is 2.32. The number of nitrogens with zero attached hydrogens (tertiary/aromatic N) is 5. The highest BCUT2D eigenvalue weighted by molar-refractivity contribution is 5.94. The van der Waals surface area contributed by atoms with Crippen LogP contribution in [0.5, 0.6) is 5.88 Å². The van der Waals surface area contributed by atoms with Gasteiger partial charge in [-0.15, -0.1) is 0 Å². The Hall–Kier alpha value is -3.41. The Bertz CT molecular complexity index is 1220. The molecule has 1 saturated carbocycles. The van der Waals surface area contributed by atoms with Crippen molar-refractivity contribution in [1.82, 2.24) is 25.0 Å². The summed E-state index contributed by atoms with van der Waals surface area (Å²) >= 11 is 0. The van der Waals surface area contributed by atoms with E-state index in [0.29, 0.717) is 36.3 Å². The maximum atomic E-state index is 13.4. The first-order valence-electron chi connectivity index (χ1n) is 14.1. The minimum atomic E-state index is -0.00938. The molecule has 202 valence electrons. The normalized spacial score (nSPS) is 21.6. The van der Waals surface area contributed by atoms with Gasteiger partial charge in [-0.25, -0.2) is 9.83 Å². The molecule has 0 spiro atoms. The molecule has 1 aliphatic heterocycles. The summed E-state index contributed by atoms with van der Waals surface area (Å²) in [6.07, 6.45) is 11.6. The summed E-state index contributed by atoms with van der Waals surface area (Å²) in [7, 11) is 0. The van der Waals surface area contributed by atoms with Crippen molar-refractivity contribution in [1.29, 1.82) is 0 Å². The van der Waals surface area contributed by atoms with Crippen molar-refractivity contribution in [3.05, 3.63) is 46.2 Å². The molecule has 9 heteroatoms. The van der Waals surface area contributed by atoms with Crippen LogP contribution in [0.15, 0.2) is 12.3 Å². The fraction of sp³-hybridized carbons (Fsp3) is 0.621. The number of pyridine rings is 1. The number of hydrogen-bond acceptors (Lipinski definition) is 5. The molecule has 2 aromatic heterocycles. The standard InChI is InChI=1S/C29H38N6O3/c1-19-11-15-31-28(26(19)30-3)38-23-9-7-21(8-10-23)12-18-35-25-6-4-5-24(25)27(33-35)29(37)34-16-13-22(14-17-34)32-20(2)36/h11,15,21-23H,4-10,12-14,16-18H2,1-2H3,(H,32,36). The molecule has 1 saturated heterocycles. The second-order valence-corrected chi connectivity index (χ2v) is 11.1. The molecule has 2 aromatic rings. The molecule has 3 aliphatic rings. The predicted octanol–water partition coefficient (Wildman–Crippen LogP) is 4.39. The van der Waals surface area contributed by atoms with E-state index < -0.39 is 0 Å². The van der Waals surface area contributed by atoms with Crippen molar-refractivity contribution in [3.8, 4) is 5.88 Å². The first kappa shape index (κ1) is 26.2. The fourth-order valence-corrected chi connectivity index (χ4v) is 6.28. The van der Waals surface area contributed by atoms with Gasteiger partial charge >= 0.3 is 0 Å². The first-order chi connectivity index (χ1) is 18.4. The summed E-state index contributed by atoms with van der Waals surface area (Å²) < 4.78 is 8.25. The number of carbonyl (C=O) groups is 2. The van der Waals surface area contributed by atoms with E-state index in [2.05, 4.69) is 19.8 Å². The van der Waals surface area contributed by atoms with E-state index in [4.69, 9.17) is 16.4 Å². The maximum absolute atomic E-state index is 13.4. The van der Waals surface area contributed by atoms with Crippen LogP contribution in [0.3, 0.4) is 0 Å². The number of carbonyl (C=O) groups excluding carboxylic acids is 2. The average Bonchev–Trinajstić information content (AvgIpc) is 3.52. The number of likely N-dealkylation sites (tertiary alicyclic amines) is 1. The summed E-state index contributed by atoms with van der Waals surface area (Å²) in [5.74, 6) is 1.11. The Morgan fingerprint density at radius 3 is 2.63 bits per heavy atom. The molecule has 0 unspecified atom stereocenters. The number of nitrogens with one attached hydrogen (secondary N) is 1. The van der Waals surface area contributed by atoms with E-state index in [1.807, 2.05) is 17.9 Å². The lowest BCUT2D eigenvalue weighted by Crippen LogP contribution is -2.46. The van der Waals surface area contributed by atoms with Crippen LogP contribution in [0.1, 0.15) is 85.6 Å². The SMILES string of the molecule is [C-]#[N+]c1c(C)ccnc1OC1CCC(CCn2nc(C(=O)N3CCC(NC(C)=O)CC3)c3c2CCC3)CC1. The van der Waals surface area contributed by atoms with Gasteiger partial charge in [-0.1, -0.05) is 6.07 Å². The predicted molar refractivity (Wildman–Crippen MR) is 143 cm³/mol. The van der Waals surface area contributed by atoms with E-state index in [9.17, 15) is 9.59 Å². The molecule has 2 fully saturated rings. The van der Waals surface area contributed by atoms with Gasteiger partial charge in [-0.05, 0) is 82.6 Å². The van der Waals surface area contributed by atoms with E-state index in [1.165, 1.54) is 5.69 Å². The van der Waals surface area contributed by atoms with Crippen LogP contribution in [0.4, 0.5) is 5.69 Å². The molecule has 3 heterocycles. The van der Waals surface area contributed by atoms with Crippen molar-refractivity contribution in [2.45, 2.75) is 96.7 Å². The molecule has 9 nitrogen and oxygen atoms in total. The van der Waals surface area contributed by atoms with E-state index in [-0.39, 0.29) is 24.0 Å². The van der Waals surface area contributed by atoms with Gasteiger partial charge in [-0.2, -0.15) is 5.10 Å². The van der Waals surface area contributed by atoms with Gasteiger partial charge in [0.1, 0.15) is 0 Å². The molecular formula is C29H38N6O3. The molecule has 38 heavy (non-hydrogen) atoms. The molecule has 2 aliphatic carbocycles. The lowest BCUT2D eigenvalue weighted by atomic mass is 9.85. The van der Waals surface area contributed by atoms with Crippen LogP contribution < -0.4 is 10.1 Å². The van der Waals surface area contributed by atoms with Crippen molar-refractivity contribution in [2.24, 2.45) is 5.92 Å². The summed E-state index contributed by atoms with van der Waals surface area (Å²) in [5.41, 5.74) is 4.46. The quantitative estimate of drug-likeness (QED) is 0.549. The smallest absolute Gasteiger partial charge is 0.274 e. The van der Waals surface area contributed by atoms with Crippen molar-refractivity contribution in [3.63, 3.8) is 0 Å². The molecule has 0 bridgehead atoms. The Morgan fingerprint density at radius 1 is 1.16 bits per heavy atom. The van der Waals surface area contributed by atoms with Crippen molar-refractivity contribution < 1.29 is 14.3 Å². The summed E-state index contributed by atoms with van der Waals surface area (Å²) in [4.78, 5) is 34.6. The van der Waals surface area contributed by atoms with Crippen LogP contribution >= 0.6 is 0 Å². The van der Waals surface area contributed by atoms with Gasteiger partial charge < -0.3 is 15.0 Å². The van der Waals surface area contributed by atoms with Gasteiger partial charge in [-0.3, -0.25) is 14.3 Å². The zero-order valence-corrected chi connectivity index (χ0v) is 22.5. The van der Waals surface area contributed by atoms with Gasteiger partial charge in [0, 0.05) is 50.1 Å². The van der Waals surface area contributed by atoms with Gasteiger partial charge in [0.2, 0.25) is 17.5 Å². The molecule has 0 aromatic carbocycles. The molecular weight excluding hydrogens is 480 g/mol. The van der Waals surface area contributed by atoms with Crippen LogP contribution in [0.25, 0.3) is 4.85 Å². The number of fused-ring (bicyclic) bond motifs is 1. The molecule has 5 rings (SSSR count). The van der Waals surface area contributed by atoms with Gasteiger partial charge in [0.05, 0.1) is 12.7 Å². The van der Waals surface area contributed by atoms with Crippen LogP contribution in [-0.2, 0) is 24.2 Å². The third-order valence-corrected chi connectivity index (χ3v) is 8.42. The van der Waals surface area contributed by atoms with Crippen molar-refractivity contribution >= 4 is 17.5 Å². The lowest BCUT2D eigenvalue weighted by molar-refractivity contribution is -0.119. The second-order valence-electron chi connectivity index (χ2n) is 11.1. The number of piperidine rings is 1. The van der Waals surface area contributed by atoms with Crippen LogP contribution in [-0.4, -0.2) is 56.7 Å².